The van der Waals surface area contributed by atoms with E-state index in [1.807, 2.05) is 41.3 Å². The lowest BCUT2D eigenvalue weighted by atomic mass is 9.86. The molecule has 4 N–H and O–H groups in total. The number of carboxylic acid groups (broad SMARTS) is 1. The predicted molar refractivity (Wildman–Crippen MR) is 137 cm³/mol. The second-order valence-electron chi connectivity index (χ2n) is 10.2. The number of alkyl halides is 3. The Kier molecular flexibility index (Phi) is 10.9. The van der Waals surface area contributed by atoms with Gasteiger partial charge in [0.25, 0.3) is 0 Å². The molecule has 2 fully saturated rings. The number of halogens is 3. The van der Waals surface area contributed by atoms with Crippen molar-refractivity contribution >= 4 is 17.8 Å². The number of quaternary nitrogens is 1. The van der Waals surface area contributed by atoms with Gasteiger partial charge in [-0.25, -0.2) is 0 Å². The Balaban J connectivity index is 0.000000532. The monoisotopic (exact) mass is 547 g/mol. The highest BCUT2D eigenvalue weighted by molar-refractivity contribution is 5.88. The molecule has 1 aliphatic carbocycles. The lowest BCUT2D eigenvalue weighted by molar-refractivity contribution is -0.426. The molecule has 2 aromatic rings. The van der Waals surface area contributed by atoms with Gasteiger partial charge >= 0.3 is 6.18 Å². The van der Waals surface area contributed by atoms with Crippen LogP contribution < -0.4 is 16.2 Å². The maximum atomic E-state index is 13.4. The third kappa shape index (κ3) is 9.09. The molecule has 1 heterocycles. The fourth-order valence-corrected chi connectivity index (χ4v) is 5.23. The number of carbonyl (C=O) groups is 3. The van der Waals surface area contributed by atoms with Crippen LogP contribution in [0.15, 0.2) is 60.7 Å². The van der Waals surface area contributed by atoms with E-state index in [0.717, 1.165) is 56.2 Å². The quantitative estimate of drug-likeness (QED) is 0.554. The van der Waals surface area contributed by atoms with Crippen molar-refractivity contribution in [2.45, 2.75) is 69.1 Å². The van der Waals surface area contributed by atoms with Crippen molar-refractivity contribution in [1.29, 1.82) is 0 Å². The Morgan fingerprint density at radius 2 is 1.44 bits per heavy atom. The van der Waals surface area contributed by atoms with Crippen molar-refractivity contribution in [2.24, 2.45) is 5.92 Å². The van der Waals surface area contributed by atoms with Gasteiger partial charge in [0.1, 0.15) is 12.0 Å². The zero-order valence-electron chi connectivity index (χ0n) is 21.9. The SMILES string of the molecule is O=C([O-])C(F)(F)F.[NH3+]C1CCC(CNC(=O)[C@@H]2CCCN2C(=O)CC(c2ccccc2)c2ccccc2)CC1. The van der Waals surface area contributed by atoms with Crippen LogP contribution in [-0.2, 0) is 14.4 Å². The van der Waals surface area contributed by atoms with Crippen LogP contribution in [0, 0.1) is 5.92 Å². The third-order valence-corrected chi connectivity index (χ3v) is 7.42. The molecule has 39 heavy (non-hydrogen) atoms. The number of carbonyl (C=O) groups excluding carboxylic acids is 3. The van der Waals surface area contributed by atoms with E-state index in [4.69, 9.17) is 9.90 Å². The summed E-state index contributed by atoms with van der Waals surface area (Å²) in [6.07, 6.45) is 1.40. The maximum absolute atomic E-state index is 13.4. The van der Waals surface area contributed by atoms with Gasteiger partial charge in [0.15, 0.2) is 0 Å². The summed E-state index contributed by atoms with van der Waals surface area (Å²) in [7, 11) is 0. The topological polar surface area (TPSA) is 117 Å². The molecule has 1 saturated carbocycles. The average Bonchev–Trinajstić information content (AvgIpc) is 3.42. The molecular formula is C29H36F3N3O4. The van der Waals surface area contributed by atoms with E-state index in [2.05, 4.69) is 35.3 Å². The first-order chi connectivity index (χ1) is 18.6. The number of carboxylic acids is 1. The number of benzene rings is 2. The summed E-state index contributed by atoms with van der Waals surface area (Å²) in [6.45, 7) is 1.39. The molecule has 10 heteroatoms. The maximum Gasteiger partial charge on any atom is 0.430 e. The number of likely N-dealkylation sites (tertiary alicyclic amines) is 1. The van der Waals surface area contributed by atoms with Crippen molar-refractivity contribution in [3.63, 3.8) is 0 Å². The molecule has 1 saturated heterocycles. The fraction of sp³-hybridized carbons (Fsp3) is 0.483. The van der Waals surface area contributed by atoms with E-state index in [9.17, 15) is 22.8 Å². The van der Waals surface area contributed by atoms with Crippen LogP contribution in [0.2, 0.25) is 0 Å². The number of rotatable bonds is 7. The van der Waals surface area contributed by atoms with Gasteiger partial charge in [0.2, 0.25) is 11.8 Å². The highest BCUT2D eigenvalue weighted by Crippen LogP contribution is 2.30. The zero-order chi connectivity index (χ0) is 28.4. The Morgan fingerprint density at radius 1 is 0.923 bits per heavy atom. The summed E-state index contributed by atoms with van der Waals surface area (Å²) >= 11 is 0. The van der Waals surface area contributed by atoms with Crippen LogP contribution in [0.3, 0.4) is 0 Å². The Labute approximate surface area is 226 Å². The third-order valence-electron chi connectivity index (χ3n) is 7.42. The van der Waals surface area contributed by atoms with E-state index < -0.39 is 12.1 Å². The number of hydrogen-bond acceptors (Lipinski definition) is 4. The first kappa shape index (κ1) is 30.1. The van der Waals surface area contributed by atoms with Gasteiger partial charge in [0.05, 0.1) is 6.04 Å². The van der Waals surface area contributed by atoms with Crippen molar-refractivity contribution in [2.75, 3.05) is 13.1 Å². The average molecular weight is 548 g/mol. The Bertz CT molecular complexity index is 1030. The van der Waals surface area contributed by atoms with E-state index in [-0.39, 0.29) is 23.8 Å². The summed E-state index contributed by atoms with van der Waals surface area (Å²) in [4.78, 5) is 37.0. The highest BCUT2D eigenvalue weighted by atomic mass is 19.4. The van der Waals surface area contributed by atoms with Gasteiger partial charge < -0.3 is 25.9 Å². The lowest BCUT2D eigenvalue weighted by Gasteiger charge is -2.28. The molecule has 2 amide bonds. The van der Waals surface area contributed by atoms with Crippen LogP contribution in [0.25, 0.3) is 0 Å². The minimum Gasteiger partial charge on any atom is -0.542 e. The number of aliphatic carboxylic acids is 1. The van der Waals surface area contributed by atoms with Crippen molar-refractivity contribution in [3.8, 4) is 0 Å². The van der Waals surface area contributed by atoms with Crippen LogP contribution in [0.4, 0.5) is 13.2 Å². The molecule has 212 valence electrons. The van der Waals surface area contributed by atoms with Crippen LogP contribution in [0.5, 0.6) is 0 Å². The normalized spacial score (nSPS) is 21.2. The molecule has 7 nitrogen and oxygen atoms in total. The molecule has 0 bridgehead atoms. The van der Waals surface area contributed by atoms with Crippen molar-refractivity contribution < 1.29 is 38.4 Å². The summed E-state index contributed by atoms with van der Waals surface area (Å²) in [5.41, 5.74) is 6.42. The molecule has 2 aromatic carbocycles. The second kappa shape index (κ2) is 14.1. The number of amides is 2. The summed E-state index contributed by atoms with van der Waals surface area (Å²) in [5, 5.41) is 11.9. The largest absolute Gasteiger partial charge is 0.542 e. The van der Waals surface area contributed by atoms with Gasteiger partial charge in [-0.15, -0.1) is 0 Å². The molecule has 4 rings (SSSR count). The Morgan fingerprint density at radius 3 is 1.92 bits per heavy atom. The van der Waals surface area contributed by atoms with Crippen LogP contribution >= 0.6 is 0 Å². The van der Waals surface area contributed by atoms with Crippen LogP contribution in [0.1, 0.15) is 62.0 Å². The second-order valence-corrected chi connectivity index (χ2v) is 10.2. The summed E-state index contributed by atoms with van der Waals surface area (Å²) in [6, 6.07) is 20.6. The smallest absolute Gasteiger partial charge is 0.430 e. The zero-order valence-corrected chi connectivity index (χ0v) is 21.9. The molecular weight excluding hydrogens is 511 g/mol. The van der Waals surface area contributed by atoms with Crippen molar-refractivity contribution in [1.82, 2.24) is 10.2 Å². The van der Waals surface area contributed by atoms with E-state index in [1.54, 1.807) is 0 Å². The molecule has 1 aliphatic heterocycles. The Hall–Kier alpha value is -3.40. The number of nitrogens with zero attached hydrogens (tertiary/aromatic N) is 1. The molecule has 0 radical (unpaired) electrons. The number of nitrogens with one attached hydrogen (secondary N) is 1. The van der Waals surface area contributed by atoms with Gasteiger partial charge in [-0.1, -0.05) is 60.7 Å². The summed E-state index contributed by atoms with van der Waals surface area (Å²) in [5.74, 6) is -2.39. The first-order valence-corrected chi connectivity index (χ1v) is 13.3. The predicted octanol–water partition coefficient (Wildman–Crippen LogP) is 2.42. The van der Waals surface area contributed by atoms with E-state index >= 15 is 0 Å². The van der Waals surface area contributed by atoms with Gasteiger partial charge in [0, 0.05) is 25.4 Å². The summed E-state index contributed by atoms with van der Waals surface area (Å²) < 4.78 is 31.5. The van der Waals surface area contributed by atoms with Gasteiger partial charge in [-0.2, -0.15) is 13.2 Å². The highest BCUT2D eigenvalue weighted by Gasteiger charge is 2.35. The van der Waals surface area contributed by atoms with Crippen LogP contribution in [-0.4, -0.2) is 54.0 Å². The lowest BCUT2D eigenvalue weighted by Crippen LogP contribution is -2.62. The van der Waals surface area contributed by atoms with E-state index in [0.29, 0.717) is 24.9 Å². The van der Waals surface area contributed by atoms with Crippen molar-refractivity contribution in [3.05, 3.63) is 71.8 Å². The number of hydrogen-bond donors (Lipinski definition) is 2. The standard InChI is InChI=1S/C27H35N3O2.C2HF3O2/c28-23-15-13-20(14-16-23)19-29-27(32)25-12-7-17-30(25)26(31)18-24(21-8-3-1-4-9-21)22-10-5-2-6-11-22;3-2(4,5)1(6)7/h1-6,8-11,20,23-25H,7,12-19,28H2,(H,29,32);(H,6,7)/t20?,23?,25-;/m0./s1. The first-order valence-electron chi connectivity index (χ1n) is 13.3. The molecule has 2 aliphatic rings. The molecule has 0 unspecified atom stereocenters. The van der Waals surface area contributed by atoms with Gasteiger partial charge in [-0.05, 0) is 55.6 Å². The molecule has 0 spiro atoms. The van der Waals surface area contributed by atoms with E-state index in [1.165, 1.54) is 0 Å². The molecule has 1 atom stereocenters. The molecule has 0 aromatic heterocycles. The van der Waals surface area contributed by atoms with Gasteiger partial charge in [-0.3, -0.25) is 9.59 Å². The minimum absolute atomic E-state index is 0.00736. The fourth-order valence-electron chi connectivity index (χ4n) is 5.23. The minimum atomic E-state index is -5.19.